The average molecular weight is 194 g/mol. The fraction of sp³-hybridized carbons (Fsp3) is 0.364. The quantitative estimate of drug-likeness (QED) is 0.748. The smallest absolute Gasteiger partial charge is 0.153 e. The van der Waals surface area contributed by atoms with Crippen molar-refractivity contribution in [3.63, 3.8) is 0 Å². The number of phenols is 1. The molecular weight excluding hydrogens is 180 g/mol. The summed E-state index contributed by atoms with van der Waals surface area (Å²) in [7, 11) is 0. The van der Waals surface area contributed by atoms with Crippen molar-refractivity contribution in [1.82, 2.24) is 0 Å². The molecule has 0 aliphatic carbocycles. The number of phenolic OH excluding ortho intramolecular Hbond substituents is 1. The summed E-state index contributed by atoms with van der Waals surface area (Å²) in [5, 5.41) is 9.37. The molecule has 76 valence electrons. The maximum absolute atomic E-state index is 10.4. The Hall–Kier alpha value is -1.51. The van der Waals surface area contributed by atoms with Gasteiger partial charge in [0.25, 0.3) is 0 Å². The summed E-state index contributed by atoms with van der Waals surface area (Å²) in [6.45, 7) is 3.97. The molecular formula is C11H14O3. The van der Waals surface area contributed by atoms with Crippen LogP contribution in [0, 0.1) is 0 Å². The molecule has 0 bridgehead atoms. The zero-order valence-electron chi connectivity index (χ0n) is 8.36. The first-order chi connectivity index (χ1) is 6.67. The number of carbonyl (C=O) groups excluding carboxylic acids is 1. The molecule has 3 nitrogen and oxygen atoms in total. The van der Waals surface area contributed by atoms with Gasteiger partial charge in [0.1, 0.15) is 11.5 Å². The minimum Gasteiger partial charge on any atom is -0.507 e. The van der Waals surface area contributed by atoms with Crippen LogP contribution in [0.15, 0.2) is 18.2 Å². The standard InChI is InChI=1S/C11H14O3/c1-3-8(2)14-10-5-4-9(7-12)11(13)6-10/h4-8,13H,3H2,1-2H3. The minimum absolute atomic E-state index is 0.0409. The highest BCUT2D eigenvalue weighted by molar-refractivity contribution is 5.79. The van der Waals surface area contributed by atoms with Gasteiger partial charge in [-0.2, -0.15) is 0 Å². The molecule has 0 spiro atoms. The molecule has 0 fully saturated rings. The Labute approximate surface area is 83.3 Å². The van der Waals surface area contributed by atoms with Gasteiger partial charge in [0, 0.05) is 6.07 Å². The van der Waals surface area contributed by atoms with Gasteiger partial charge in [-0.15, -0.1) is 0 Å². The van der Waals surface area contributed by atoms with Crippen molar-refractivity contribution >= 4 is 6.29 Å². The van der Waals surface area contributed by atoms with Crippen LogP contribution in [0.5, 0.6) is 11.5 Å². The number of carbonyl (C=O) groups is 1. The molecule has 1 atom stereocenters. The van der Waals surface area contributed by atoms with Gasteiger partial charge in [-0.05, 0) is 25.5 Å². The molecule has 0 radical (unpaired) electrons. The van der Waals surface area contributed by atoms with Crippen LogP contribution in [0.2, 0.25) is 0 Å². The van der Waals surface area contributed by atoms with Crippen molar-refractivity contribution < 1.29 is 14.6 Å². The van der Waals surface area contributed by atoms with Crippen molar-refractivity contribution in [3.8, 4) is 11.5 Å². The zero-order valence-corrected chi connectivity index (χ0v) is 8.36. The first-order valence-electron chi connectivity index (χ1n) is 4.62. The SMILES string of the molecule is CCC(C)Oc1ccc(C=O)c(O)c1. The van der Waals surface area contributed by atoms with E-state index in [2.05, 4.69) is 0 Å². The highest BCUT2D eigenvalue weighted by atomic mass is 16.5. The Bertz CT molecular complexity index is 320. The van der Waals surface area contributed by atoms with Gasteiger partial charge in [-0.3, -0.25) is 4.79 Å². The third-order valence-electron chi connectivity index (χ3n) is 2.04. The second-order valence-corrected chi connectivity index (χ2v) is 3.18. The van der Waals surface area contributed by atoms with Crippen molar-refractivity contribution in [2.45, 2.75) is 26.4 Å². The van der Waals surface area contributed by atoms with Crippen LogP contribution < -0.4 is 4.74 Å². The van der Waals surface area contributed by atoms with E-state index in [9.17, 15) is 9.90 Å². The van der Waals surface area contributed by atoms with Crippen molar-refractivity contribution in [1.29, 1.82) is 0 Å². The van der Waals surface area contributed by atoms with Gasteiger partial charge in [-0.1, -0.05) is 6.92 Å². The largest absolute Gasteiger partial charge is 0.507 e. The van der Waals surface area contributed by atoms with E-state index in [1.165, 1.54) is 6.07 Å². The zero-order chi connectivity index (χ0) is 10.6. The maximum atomic E-state index is 10.4. The number of hydrogen-bond acceptors (Lipinski definition) is 3. The summed E-state index contributed by atoms with van der Waals surface area (Å²) in [4.78, 5) is 10.4. The van der Waals surface area contributed by atoms with E-state index in [1.807, 2.05) is 13.8 Å². The molecule has 0 aliphatic rings. The topological polar surface area (TPSA) is 46.5 Å². The molecule has 0 aromatic heterocycles. The second-order valence-electron chi connectivity index (χ2n) is 3.18. The Kier molecular flexibility index (Phi) is 3.51. The molecule has 0 heterocycles. The fourth-order valence-corrected chi connectivity index (χ4v) is 1.01. The average Bonchev–Trinajstić information content (AvgIpc) is 2.18. The normalized spacial score (nSPS) is 12.1. The second kappa shape index (κ2) is 4.65. The highest BCUT2D eigenvalue weighted by Gasteiger charge is 2.04. The van der Waals surface area contributed by atoms with Gasteiger partial charge < -0.3 is 9.84 Å². The third kappa shape index (κ3) is 2.49. The summed E-state index contributed by atoms with van der Waals surface area (Å²) in [5.74, 6) is 0.545. The molecule has 0 aliphatic heterocycles. The van der Waals surface area contributed by atoms with Crippen LogP contribution in [0.4, 0.5) is 0 Å². The monoisotopic (exact) mass is 194 g/mol. The summed E-state index contributed by atoms with van der Waals surface area (Å²) >= 11 is 0. The number of hydrogen-bond donors (Lipinski definition) is 1. The number of aromatic hydroxyl groups is 1. The summed E-state index contributed by atoms with van der Waals surface area (Å²) in [5.41, 5.74) is 0.279. The number of ether oxygens (including phenoxy) is 1. The van der Waals surface area contributed by atoms with Crippen LogP contribution >= 0.6 is 0 Å². The van der Waals surface area contributed by atoms with Gasteiger partial charge in [0.05, 0.1) is 11.7 Å². The Morgan fingerprint density at radius 3 is 2.79 bits per heavy atom. The predicted molar refractivity (Wildman–Crippen MR) is 53.9 cm³/mol. The molecule has 14 heavy (non-hydrogen) atoms. The first kappa shape index (κ1) is 10.6. The van der Waals surface area contributed by atoms with Crippen molar-refractivity contribution in [2.75, 3.05) is 0 Å². The molecule has 0 amide bonds. The molecule has 1 rings (SSSR count). The first-order valence-corrected chi connectivity index (χ1v) is 4.62. The molecule has 1 N–H and O–H groups in total. The lowest BCUT2D eigenvalue weighted by atomic mass is 10.2. The maximum Gasteiger partial charge on any atom is 0.153 e. The van der Waals surface area contributed by atoms with Gasteiger partial charge in [0.15, 0.2) is 6.29 Å². The van der Waals surface area contributed by atoms with Crippen molar-refractivity contribution in [3.05, 3.63) is 23.8 Å². The number of aldehydes is 1. The van der Waals surface area contributed by atoms with E-state index in [-0.39, 0.29) is 17.4 Å². The summed E-state index contributed by atoms with van der Waals surface area (Å²) in [6.07, 6.45) is 1.62. The van der Waals surface area contributed by atoms with Gasteiger partial charge in [0.2, 0.25) is 0 Å². The Morgan fingerprint density at radius 1 is 1.57 bits per heavy atom. The molecule has 1 aromatic rings. The van der Waals surface area contributed by atoms with Crippen LogP contribution in [-0.2, 0) is 0 Å². The lowest BCUT2D eigenvalue weighted by molar-refractivity contribution is 0.112. The molecule has 1 unspecified atom stereocenters. The highest BCUT2D eigenvalue weighted by Crippen LogP contribution is 2.23. The van der Waals surface area contributed by atoms with Crippen LogP contribution in [-0.4, -0.2) is 17.5 Å². The third-order valence-corrected chi connectivity index (χ3v) is 2.04. The number of rotatable bonds is 4. The van der Waals surface area contributed by atoms with Gasteiger partial charge >= 0.3 is 0 Å². The minimum atomic E-state index is -0.0409. The predicted octanol–water partition coefficient (Wildman–Crippen LogP) is 2.38. The number of benzene rings is 1. The summed E-state index contributed by atoms with van der Waals surface area (Å²) < 4.78 is 5.47. The van der Waals surface area contributed by atoms with Crippen molar-refractivity contribution in [2.24, 2.45) is 0 Å². The Morgan fingerprint density at radius 2 is 2.29 bits per heavy atom. The van der Waals surface area contributed by atoms with E-state index >= 15 is 0 Å². The lowest BCUT2D eigenvalue weighted by Crippen LogP contribution is -2.09. The fourth-order valence-electron chi connectivity index (χ4n) is 1.01. The van der Waals surface area contributed by atoms with Crippen LogP contribution in [0.3, 0.4) is 0 Å². The lowest BCUT2D eigenvalue weighted by Gasteiger charge is -2.12. The molecule has 0 saturated carbocycles. The van der Waals surface area contributed by atoms with E-state index in [0.29, 0.717) is 12.0 Å². The van der Waals surface area contributed by atoms with E-state index < -0.39 is 0 Å². The molecule has 1 aromatic carbocycles. The summed E-state index contributed by atoms with van der Waals surface area (Å²) in [6, 6.07) is 4.67. The Balaban J connectivity index is 2.81. The molecule has 0 saturated heterocycles. The molecule has 3 heteroatoms. The van der Waals surface area contributed by atoms with E-state index in [4.69, 9.17) is 4.74 Å². The van der Waals surface area contributed by atoms with Crippen LogP contribution in [0.25, 0.3) is 0 Å². The van der Waals surface area contributed by atoms with E-state index in [1.54, 1.807) is 12.1 Å². The van der Waals surface area contributed by atoms with Gasteiger partial charge in [-0.25, -0.2) is 0 Å². The van der Waals surface area contributed by atoms with Crippen LogP contribution in [0.1, 0.15) is 30.6 Å². The van der Waals surface area contributed by atoms with E-state index in [0.717, 1.165) is 6.42 Å².